The largest absolute Gasteiger partial charge is 0.294 e. The van der Waals surface area contributed by atoms with Crippen LogP contribution in [0.15, 0.2) is 36.1 Å². The van der Waals surface area contributed by atoms with Gasteiger partial charge < -0.3 is 0 Å². The third kappa shape index (κ3) is 2.70. The number of carbonyl (C=O) groups excluding carboxylic acids is 1. The van der Waals surface area contributed by atoms with E-state index in [0.717, 1.165) is 5.01 Å². The molecule has 0 aliphatic rings. The van der Waals surface area contributed by atoms with Crippen LogP contribution < -0.4 is 0 Å². The van der Waals surface area contributed by atoms with Crippen LogP contribution in [-0.2, 0) is 6.42 Å². The number of aromatic nitrogens is 2. The van der Waals surface area contributed by atoms with Crippen LogP contribution in [0, 0.1) is 0 Å². The molecule has 2 heterocycles. The maximum absolute atomic E-state index is 11.7. The first kappa shape index (κ1) is 9.98. The molecule has 2 rings (SSSR count). The van der Waals surface area contributed by atoms with Gasteiger partial charge in [-0.05, 0) is 12.1 Å². The molecule has 0 fully saturated rings. The Bertz CT molecular complexity index is 425. The highest BCUT2D eigenvalue weighted by atomic mass is 32.1. The molecule has 0 radical (unpaired) electrons. The van der Waals surface area contributed by atoms with E-state index in [1.165, 1.54) is 0 Å². The fourth-order valence-corrected chi connectivity index (χ4v) is 1.89. The van der Waals surface area contributed by atoms with Gasteiger partial charge in [-0.15, -0.1) is 11.3 Å². The van der Waals surface area contributed by atoms with E-state index in [1.54, 1.807) is 42.1 Å². The first-order valence-corrected chi connectivity index (χ1v) is 5.56. The van der Waals surface area contributed by atoms with Crippen LogP contribution in [0.2, 0.25) is 0 Å². The zero-order chi connectivity index (χ0) is 10.5. The van der Waals surface area contributed by atoms with Crippen LogP contribution in [0.3, 0.4) is 0 Å². The third-order valence-corrected chi connectivity index (χ3v) is 2.87. The Morgan fingerprint density at radius 1 is 1.40 bits per heavy atom. The summed E-state index contributed by atoms with van der Waals surface area (Å²) in [4.78, 5) is 19.7. The zero-order valence-corrected chi connectivity index (χ0v) is 8.91. The van der Waals surface area contributed by atoms with Crippen molar-refractivity contribution in [1.29, 1.82) is 0 Å². The SMILES string of the molecule is O=C(CCc1nccs1)c1cccnc1. The molecule has 0 N–H and O–H groups in total. The lowest BCUT2D eigenvalue weighted by Crippen LogP contribution is -2.01. The van der Waals surface area contributed by atoms with Crippen LogP contribution in [0.5, 0.6) is 0 Å². The van der Waals surface area contributed by atoms with Gasteiger partial charge in [0, 0.05) is 42.4 Å². The van der Waals surface area contributed by atoms with Crippen LogP contribution in [0.1, 0.15) is 21.8 Å². The van der Waals surface area contributed by atoms with Gasteiger partial charge in [-0.2, -0.15) is 0 Å². The number of hydrogen-bond acceptors (Lipinski definition) is 4. The Morgan fingerprint density at radius 3 is 3.00 bits per heavy atom. The van der Waals surface area contributed by atoms with Crippen molar-refractivity contribution in [1.82, 2.24) is 9.97 Å². The summed E-state index contributed by atoms with van der Waals surface area (Å²) in [6, 6.07) is 3.56. The van der Waals surface area contributed by atoms with Crippen molar-refractivity contribution in [3.05, 3.63) is 46.7 Å². The molecule has 0 atom stereocenters. The number of carbonyl (C=O) groups is 1. The molecule has 0 saturated carbocycles. The van der Waals surface area contributed by atoms with Crippen molar-refractivity contribution < 1.29 is 4.79 Å². The van der Waals surface area contributed by atoms with E-state index in [0.29, 0.717) is 18.4 Å². The molecule has 3 nitrogen and oxygen atoms in total. The predicted molar refractivity (Wildman–Crippen MR) is 59.0 cm³/mol. The molecule has 0 saturated heterocycles. The van der Waals surface area contributed by atoms with Gasteiger partial charge in [0.25, 0.3) is 0 Å². The summed E-state index contributed by atoms with van der Waals surface area (Å²) in [6.45, 7) is 0. The third-order valence-electron chi connectivity index (χ3n) is 2.03. The molecule has 0 unspecified atom stereocenters. The average molecular weight is 218 g/mol. The summed E-state index contributed by atoms with van der Waals surface area (Å²) in [7, 11) is 0. The molecule has 15 heavy (non-hydrogen) atoms. The molecule has 76 valence electrons. The summed E-state index contributed by atoms with van der Waals surface area (Å²) in [5.74, 6) is 0.123. The standard InChI is InChI=1S/C11H10N2OS/c14-10(9-2-1-5-12-8-9)3-4-11-13-6-7-15-11/h1-2,5-8H,3-4H2. The molecule has 0 spiro atoms. The highest BCUT2D eigenvalue weighted by Crippen LogP contribution is 2.09. The van der Waals surface area contributed by atoms with Gasteiger partial charge in [0.15, 0.2) is 5.78 Å². The van der Waals surface area contributed by atoms with E-state index >= 15 is 0 Å². The second-order valence-corrected chi connectivity index (χ2v) is 4.07. The lowest BCUT2D eigenvalue weighted by Gasteiger charge is -1.97. The number of aryl methyl sites for hydroxylation is 1. The van der Waals surface area contributed by atoms with E-state index < -0.39 is 0 Å². The van der Waals surface area contributed by atoms with Crippen LogP contribution in [0.4, 0.5) is 0 Å². The highest BCUT2D eigenvalue weighted by molar-refractivity contribution is 7.09. The molecule has 4 heteroatoms. The first-order valence-electron chi connectivity index (χ1n) is 4.68. The van der Waals surface area contributed by atoms with E-state index in [-0.39, 0.29) is 5.78 Å². The number of hydrogen-bond donors (Lipinski definition) is 0. The minimum absolute atomic E-state index is 0.123. The highest BCUT2D eigenvalue weighted by Gasteiger charge is 2.06. The minimum Gasteiger partial charge on any atom is -0.294 e. The molecule has 0 aromatic carbocycles. The number of ketones is 1. The number of rotatable bonds is 4. The molecule has 0 aliphatic heterocycles. The van der Waals surface area contributed by atoms with Crippen molar-refractivity contribution in [3.8, 4) is 0 Å². The quantitative estimate of drug-likeness (QED) is 0.740. The molecular formula is C11H10N2OS. The van der Waals surface area contributed by atoms with E-state index in [1.807, 2.05) is 5.38 Å². The molecular weight excluding hydrogens is 208 g/mol. The predicted octanol–water partition coefficient (Wildman–Crippen LogP) is 2.35. The van der Waals surface area contributed by atoms with Crippen LogP contribution >= 0.6 is 11.3 Å². The van der Waals surface area contributed by atoms with Crippen LogP contribution in [0.25, 0.3) is 0 Å². The summed E-state index contributed by atoms with van der Waals surface area (Å²) >= 11 is 1.58. The van der Waals surface area contributed by atoms with E-state index in [9.17, 15) is 4.79 Å². The second kappa shape index (κ2) is 4.79. The number of Topliss-reactive ketones (excluding diaryl/α,β-unsaturated/α-hetero) is 1. The molecule has 2 aromatic heterocycles. The monoisotopic (exact) mass is 218 g/mol. The van der Waals surface area contributed by atoms with E-state index in [4.69, 9.17) is 0 Å². The number of pyridine rings is 1. The Hall–Kier alpha value is -1.55. The van der Waals surface area contributed by atoms with Crippen molar-refractivity contribution in [2.24, 2.45) is 0 Å². The summed E-state index contributed by atoms with van der Waals surface area (Å²) in [5.41, 5.74) is 0.675. The molecule has 0 bridgehead atoms. The Kier molecular flexibility index (Phi) is 3.19. The molecule has 2 aromatic rings. The van der Waals surface area contributed by atoms with Gasteiger partial charge in [0.05, 0.1) is 5.01 Å². The lowest BCUT2D eigenvalue weighted by atomic mass is 10.1. The summed E-state index contributed by atoms with van der Waals surface area (Å²) in [5, 5.41) is 2.93. The minimum atomic E-state index is 0.123. The van der Waals surface area contributed by atoms with Gasteiger partial charge in [0.2, 0.25) is 0 Å². The first-order chi connectivity index (χ1) is 7.36. The number of nitrogens with zero attached hydrogens (tertiary/aromatic N) is 2. The van der Waals surface area contributed by atoms with Gasteiger partial charge >= 0.3 is 0 Å². The smallest absolute Gasteiger partial charge is 0.164 e. The van der Waals surface area contributed by atoms with Crippen LogP contribution in [-0.4, -0.2) is 15.8 Å². The normalized spacial score (nSPS) is 10.1. The Labute approximate surface area is 91.8 Å². The van der Waals surface area contributed by atoms with Gasteiger partial charge in [-0.25, -0.2) is 4.98 Å². The van der Waals surface area contributed by atoms with Crippen molar-refractivity contribution >= 4 is 17.1 Å². The molecule has 0 aliphatic carbocycles. The zero-order valence-electron chi connectivity index (χ0n) is 8.09. The lowest BCUT2D eigenvalue weighted by molar-refractivity contribution is 0.0982. The summed E-state index contributed by atoms with van der Waals surface area (Å²) < 4.78 is 0. The second-order valence-electron chi connectivity index (χ2n) is 3.09. The molecule has 0 amide bonds. The Balaban J connectivity index is 1.94. The fraction of sp³-hybridized carbons (Fsp3) is 0.182. The van der Waals surface area contributed by atoms with Crippen molar-refractivity contribution in [3.63, 3.8) is 0 Å². The number of thiazole rings is 1. The van der Waals surface area contributed by atoms with Crippen molar-refractivity contribution in [2.45, 2.75) is 12.8 Å². The fourth-order valence-electron chi connectivity index (χ4n) is 1.27. The topological polar surface area (TPSA) is 42.9 Å². The maximum atomic E-state index is 11.7. The Morgan fingerprint density at radius 2 is 2.33 bits per heavy atom. The maximum Gasteiger partial charge on any atom is 0.164 e. The summed E-state index contributed by atoms with van der Waals surface area (Å²) in [6.07, 6.45) is 6.24. The van der Waals surface area contributed by atoms with E-state index in [2.05, 4.69) is 9.97 Å². The van der Waals surface area contributed by atoms with Gasteiger partial charge in [0.1, 0.15) is 0 Å². The van der Waals surface area contributed by atoms with Gasteiger partial charge in [-0.3, -0.25) is 9.78 Å². The average Bonchev–Trinajstić information content (AvgIpc) is 2.80. The van der Waals surface area contributed by atoms with Gasteiger partial charge in [-0.1, -0.05) is 0 Å². The van der Waals surface area contributed by atoms with Crippen molar-refractivity contribution in [2.75, 3.05) is 0 Å².